The van der Waals surface area contributed by atoms with Crippen LogP contribution in [0.5, 0.6) is 5.75 Å². The molecule has 2 aromatic carbocycles. The molecular formula is C26H26N2O4S. The standard InChI is InChI=1S/C26H26N2O4S/c1-16-19-8-7-18(31-2)15-22(19)32-26(30)20(16)9-10-24(29)28-13-11-17(12-14-28)25-27-21-5-3-4-6-23(21)33-25/h3-8,15,17H,9-14H2,1-2H3. The highest BCUT2D eigenvalue weighted by Crippen LogP contribution is 2.34. The van der Waals surface area contributed by atoms with Gasteiger partial charge in [-0.25, -0.2) is 9.78 Å². The number of hydrogen-bond donors (Lipinski definition) is 0. The number of thiazole rings is 1. The first-order chi connectivity index (χ1) is 16.0. The van der Waals surface area contributed by atoms with Crippen molar-refractivity contribution < 1.29 is 13.9 Å². The van der Waals surface area contributed by atoms with Gasteiger partial charge in [-0.15, -0.1) is 11.3 Å². The summed E-state index contributed by atoms with van der Waals surface area (Å²) in [5.74, 6) is 1.13. The Bertz CT molecular complexity index is 1350. The van der Waals surface area contributed by atoms with Gasteiger partial charge in [-0.05, 0) is 56.0 Å². The zero-order valence-electron chi connectivity index (χ0n) is 18.8. The second-order valence-corrected chi connectivity index (χ2v) is 9.59. The van der Waals surface area contributed by atoms with Gasteiger partial charge in [0.15, 0.2) is 0 Å². The molecule has 33 heavy (non-hydrogen) atoms. The third kappa shape index (κ3) is 4.25. The fourth-order valence-electron chi connectivity index (χ4n) is 4.62. The maximum Gasteiger partial charge on any atom is 0.339 e. The molecule has 0 spiro atoms. The van der Waals surface area contributed by atoms with Gasteiger partial charge in [-0.3, -0.25) is 4.79 Å². The number of aromatic nitrogens is 1. The lowest BCUT2D eigenvalue weighted by Gasteiger charge is -2.31. The number of nitrogens with zero attached hydrogens (tertiary/aromatic N) is 2. The summed E-state index contributed by atoms with van der Waals surface area (Å²) in [6, 6.07) is 13.7. The number of para-hydroxylation sites is 1. The zero-order valence-corrected chi connectivity index (χ0v) is 19.6. The largest absolute Gasteiger partial charge is 0.497 e. The molecule has 0 aliphatic carbocycles. The molecule has 1 amide bonds. The number of carbonyl (C=O) groups excluding carboxylic acids is 1. The number of hydrogen-bond acceptors (Lipinski definition) is 6. The molecule has 0 atom stereocenters. The lowest BCUT2D eigenvalue weighted by Crippen LogP contribution is -2.38. The van der Waals surface area contributed by atoms with Crippen molar-refractivity contribution in [3.63, 3.8) is 0 Å². The van der Waals surface area contributed by atoms with Gasteiger partial charge in [0.2, 0.25) is 5.91 Å². The molecule has 170 valence electrons. The number of fused-ring (bicyclic) bond motifs is 2. The highest BCUT2D eigenvalue weighted by Gasteiger charge is 2.26. The first-order valence-electron chi connectivity index (χ1n) is 11.3. The molecule has 6 nitrogen and oxygen atoms in total. The zero-order chi connectivity index (χ0) is 22.9. The lowest BCUT2D eigenvalue weighted by molar-refractivity contribution is -0.132. The number of amides is 1. The average Bonchev–Trinajstić information content (AvgIpc) is 3.28. The first kappa shape index (κ1) is 21.6. The Morgan fingerprint density at radius 1 is 1.21 bits per heavy atom. The SMILES string of the molecule is COc1ccc2c(C)c(CCC(=O)N3CCC(c4nc5ccccc5s4)CC3)c(=O)oc2c1. The lowest BCUT2D eigenvalue weighted by atomic mass is 9.96. The summed E-state index contributed by atoms with van der Waals surface area (Å²) >= 11 is 1.76. The summed E-state index contributed by atoms with van der Waals surface area (Å²) in [6.07, 6.45) is 2.53. The van der Waals surface area contributed by atoms with Crippen molar-refractivity contribution in [2.24, 2.45) is 0 Å². The van der Waals surface area contributed by atoms with Crippen LogP contribution in [0.2, 0.25) is 0 Å². The van der Waals surface area contributed by atoms with Gasteiger partial charge in [0, 0.05) is 42.4 Å². The molecule has 1 aliphatic rings. The van der Waals surface area contributed by atoms with E-state index in [0.717, 1.165) is 42.4 Å². The van der Waals surface area contributed by atoms with Crippen LogP contribution < -0.4 is 10.4 Å². The van der Waals surface area contributed by atoms with Gasteiger partial charge in [0.1, 0.15) is 11.3 Å². The average molecular weight is 463 g/mol. The molecule has 0 radical (unpaired) electrons. The Balaban J connectivity index is 1.23. The van der Waals surface area contributed by atoms with Crippen molar-refractivity contribution in [1.82, 2.24) is 9.88 Å². The fourth-order valence-corrected chi connectivity index (χ4v) is 5.76. The predicted molar refractivity (Wildman–Crippen MR) is 130 cm³/mol. The molecule has 4 aromatic rings. The van der Waals surface area contributed by atoms with E-state index in [1.807, 2.05) is 36.1 Å². The van der Waals surface area contributed by atoms with E-state index in [1.54, 1.807) is 24.5 Å². The van der Waals surface area contributed by atoms with Gasteiger partial charge in [-0.2, -0.15) is 0 Å². The normalized spacial score (nSPS) is 14.8. The van der Waals surface area contributed by atoms with Crippen LogP contribution >= 0.6 is 11.3 Å². The topological polar surface area (TPSA) is 72.6 Å². The quantitative estimate of drug-likeness (QED) is 0.388. The highest BCUT2D eigenvalue weighted by atomic mass is 32.1. The molecule has 0 bridgehead atoms. The molecule has 1 aliphatic heterocycles. The van der Waals surface area contributed by atoms with Gasteiger partial charge >= 0.3 is 5.63 Å². The Morgan fingerprint density at radius 3 is 2.76 bits per heavy atom. The molecule has 3 heterocycles. The molecule has 1 saturated heterocycles. The van der Waals surface area contributed by atoms with E-state index in [-0.39, 0.29) is 11.5 Å². The van der Waals surface area contributed by atoms with Gasteiger partial charge < -0.3 is 14.1 Å². The number of benzene rings is 2. The van der Waals surface area contributed by atoms with E-state index in [4.69, 9.17) is 14.1 Å². The maximum absolute atomic E-state index is 12.9. The van der Waals surface area contributed by atoms with E-state index < -0.39 is 0 Å². The van der Waals surface area contributed by atoms with Crippen molar-refractivity contribution in [3.05, 3.63) is 69.0 Å². The fraction of sp³-hybridized carbons (Fsp3) is 0.346. The van der Waals surface area contributed by atoms with Crippen molar-refractivity contribution in [2.75, 3.05) is 20.2 Å². The van der Waals surface area contributed by atoms with Crippen LogP contribution in [0.1, 0.15) is 41.3 Å². The summed E-state index contributed by atoms with van der Waals surface area (Å²) < 4.78 is 11.9. The van der Waals surface area contributed by atoms with Crippen LogP contribution in [0.4, 0.5) is 0 Å². The van der Waals surface area contributed by atoms with E-state index in [0.29, 0.717) is 35.7 Å². The van der Waals surface area contributed by atoms with E-state index >= 15 is 0 Å². The van der Waals surface area contributed by atoms with E-state index in [1.165, 1.54) is 9.71 Å². The van der Waals surface area contributed by atoms with Gasteiger partial charge in [-0.1, -0.05) is 12.1 Å². The molecule has 1 fully saturated rings. The van der Waals surface area contributed by atoms with E-state index in [2.05, 4.69) is 12.1 Å². The Hall–Kier alpha value is -3.19. The number of aryl methyl sites for hydroxylation is 1. The smallest absolute Gasteiger partial charge is 0.339 e. The van der Waals surface area contributed by atoms with Crippen molar-refractivity contribution >= 4 is 38.4 Å². The summed E-state index contributed by atoms with van der Waals surface area (Å²) in [5.41, 5.74) is 2.62. The first-order valence-corrected chi connectivity index (χ1v) is 12.1. The van der Waals surface area contributed by atoms with Crippen LogP contribution in [0, 0.1) is 6.92 Å². The summed E-state index contributed by atoms with van der Waals surface area (Å²) in [6.45, 7) is 3.37. The molecule has 2 aromatic heterocycles. The summed E-state index contributed by atoms with van der Waals surface area (Å²) in [7, 11) is 1.58. The second-order valence-electron chi connectivity index (χ2n) is 8.53. The number of ether oxygens (including phenoxy) is 1. The Morgan fingerprint density at radius 2 is 2.00 bits per heavy atom. The predicted octanol–water partition coefficient (Wildman–Crippen LogP) is 5.06. The maximum atomic E-state index is 12.9. The van der Waals surface area contributed by atoms with E-state index in [9.17, 15) is 9.59 Å². The minimum absolute atomic E-state index is 0.0892. The third-order valence-electron chi connectivity index (χ3n) is 6.59. The molecular weight excluding hydrogens is 436 g/mol. The van der Waals surface area contributed by atoms with Crippen molar-refractivity contribution in [3.8, 4) is 5.75 Å². The summed E-state index contributed by atoms with van der Waals surface area (Å²) in [4.78, 5) is 32.2. The Kier molecular flexibility index (Phi) is 5.89. The van der Waals surface area contributed by atoms with Crippen molar-refractivity contribution in [2.45, 2.75) is 38.5 Å². The van der Waals surface area contributed by atoms with Gasteiger partial charge in [0.05, 0.1) is 22.3 Å². The second kappa shape index (κ2) is 8.98. The molecule has 5 rings (SSSR count). The minimum atomic E-state index is -0.379. The van der Waals surface area contributed by atoms with Crippen LogP contribution in [0.3, 0.4) is 0 Å². The molecule has 7 heteroatoms. The van der Waals surface area contributed by atoms with Crippen LogP contribution in [0.15, 0.2) is 51.7 Å². The van der Waals surface area contributed by atoms with Crippen LogP contribution in [0.25, 0.3) is 21.2 Å². The third-order valence-corrected chi connectivity index (χ3v) is 7.79. The van der Waals surface area contributed by atoms with Crippen LogP contribution in [-0.4, -0.2) is 36.0 Å². The van der Waals surface area contributed by atoms with Crippen molar-refractivity contribution in [1.29, 1.82) is 0 Å². The monoisotopic (exact) mass is 462 g/mol. The van der Waals surface area contributed by atoms with Crippen LogP contribution in [-0.2, 0) is 11.2 Å². The minimum Gasteiger partial charge on any atom is -0.497 e. The number of carbonyl (C=O) groups is 1. The molecule has 0 N–H and O–H groups in total. The number of likely N-dealkylation sites (tertiary alicyclic amines) is 1. The summed E-state index contributed by atoms with van der Waals surface area (Å²) in [5, 5.41) is 2.04. The number of rotatable bonds is 5. The number of piperidine rings is 1. The van der Waals surface area contributed by atoms with Gasteiger partial charge in [0.25, 0.3) is 0 Å². The highest BCUT2D eigenvalue weighted by molar-refractivity contribution is 7.18. The number of methoxy groups -OCH3 is 1. The molecule has 0 unspecified atom stereocenters. The Labute approximate surface area is 195 Å². The molecule has 0 saturated carbocycles.